The molecule has 0 fully saturated rings. The first kappa shape index (κ1) is 18.4. The van der Waals surface area contributed by atoms with Crippen molar-refractivity contribution in [3.05, 3.63) is 71.6 Å². The fraction of sp³-hybridized carbons (Fsp3) is 0.190. The van der Waals surface area contributed by atoms with Crippen molar-refractivity contribution in [1.29, 1.82) is 0 Å². The van der Waals surface area contributed by atoms with Crippen LogP contribution in [0.2, 0.25) is 0 Å². The van der Waals surface area contributed by atoms with Gasteiger partial charge in [0.1, 0.15) is 5.75 Å². The topological polar surface area (TPSA) is 74.5 Å². The number of ether oxygens (including phenoxy) is 2. The van der Waals surface area contributed by atoms with Gasteiger partial charge in [-0.3, -0.25) is 0 Å². The number of esters is 1. The molecule has 0 aliphatic rings. The molecule has 0 N–H and O–H groups in total. The first-order valence-corrected chi connectivity index (χ1v) is 8.49. The molecule has 0 saturated heterocycles. The summed E-state index contributed by atoms with van der Waals surface area (Å²) in [6.45, 7) is 3.68. The Morgan fingerprint density at radius 1 is 1.11 bits per heavy atom. The molecule has 0 saturated carbocycles. The van der Waals surface area contributed by atoms with E-state index in [0.29, 0.717) is 11.6 Å². The van der Waals surface area contributed by atoms with Crippen LogP contribution in [-0.2, 0) is 9.53 Å². The van der Waals surface area contributed by atoms with Crippen LogP contribution in [0.4, 0.5) is 0 Å². The van der Waals surface area contributed by atoms with Crippen molar-refractivity contribution in [2.24, 2.45) is 0 Å². The molecule has 1 atom stereocenters. The predicted octanol–water partition coefficient (Wildman–Crippen LogP) is 4.37. The van der Waals surface area contributed by atoms with Gasteiger partial charge in [0.15, 0.2) is 6.10 Å². The van der Waals surface area contributed by atoms with Crippen LogP contribution in [0.3, 0.4) is 0 Å². The average molecular weight is 364 g/mol. The van der Waals surface area contributed by atoms with Gasteiger partial charge >= 0.3 is 5.97 Å². The number of carbonyl (C=O) groups excluding carboxylic acids is 1. The first-order valence-electron chi connectivity index (χ1n) is 8.49. The molecule has 3 rings (SSSR count). The SMILES string of the molecule is COc1ccccc1/C=C/C(=O)O[C@H](C)c1nnc(-c2ccc(C)cc2)o1. The average Bonchev–Trinajstić information content (AvgIpc) is 3.17. The molecule has 0 radical (unpaired) electrons. The summed E-state index contributed by atoms with van der Waals surface area (Å²) < 4.78 is 16.2. The summed E-state index contributed by atoms with van der Waals surface area (Å²) in [4.78, 5) is 12.1. The van der Waals surface area contributed by atoms with Crippen LogP contribution in [0.5, 0.6) is 5.75 Å². The van der Waals surface area contributed by atoms with E-state index in [0.717, 1.165) is 16.7 Å². The number of rotatable bonds is 6. The van der Waals surface area contributed by atoms with Crippen LogP contribution in [0.1, 0.15) is 30.0 Å². The molecule has 6 heteroatoms. The summed E-state index contributed by atoms with van der Waals surface area (Å²) in [5.74, 6) is 0.791. The second-order valence-electron chi connectivity index (χ2n) is 5.97. The minimum Gasteiger partial charge on any atom is -0.496 e. The molecule has 0 aliphatic heterocycles. The van der Waals surface area contributed by atoms with Gasteiger partial charge in [-0.2, -0.15) is 0 Å². The van der Waals surface area contributed by atoms with Crippen LogP contribution < -0.4 is 4.74 Å². The third-order valence-corrected chi connectivity index (χ3v) is 3.92. The quantitative estimate of drug-likeness (QED) is 0.477. The Hall–Kier alpha value is -3.41. The van der Waals surface area contributed by atoms with E-state index in [-0.39, 0.29) is 5.89 Å². The van der Waals surface area contributed by atoms with Gasteiger partial charge in [0.25, 0.3) is 5.89 Å². The zero-order valence-corrected chi connectivity index (χ0v) is 15.4. The lowest BCUT2D eigenvalue weighted by molar-refractivity contribution is -0.143. The number of nitrogens with zero attached hydrogens (tertiary/aromatic N) is 2. The monoisotopic (exact) mass is 364 g/mol. The van der Waals surface area contributed by atoms with Crippen molar-refractivity contribution in [1.82, 2.24) is 10.2 Å². The summed E-state index contributed by atoms with van der Waals surface area (Å²) in [6, 6.07) is 15.1. The highest BCUT2D eigenvalue weighted by Gasteiger charge is 2.18. The first-order chi connectivity index (χ1) is 13.1. The summed E-state index contributed by atoms with van der Waals surface area (Å²) in [6.07, 6.45) is 2.32. The molecule has 2 aromatic carbocycles. The van der Waals surface area contributed by atoms with Gasteiger partial charge < -0.3 is 13.9 Å². The molecule has 6 nitrogen and oxygen atoms in total. The Balaban J connectivity index is 1.65. The van der Waals surface area contributed by atoms with Crippen molar-refractivity contribution < 1.29 is 18.7 Å². The maximum absolute atomic E-state index is 12.1. The molecule has 3 aromatic rings. The van der Waals surface area contributed by atoms with E-state index in [1.54, 1.807) is 20.1 Å². The van der Waals surface area contributed by atoms with Crippen molar-refractivity contribution in [3.8, 4) is 17.2 Å². The Labute approximate surface area is 157 Å². The number of methoxy groups -OCH3 is 1. The predicted molar refractivity (Wildman–Crippen MR) is 101 cm³/mol. The summed E-state index contributed by atoms with van der Waals surface area (Å²) in [5.41, 5.74) is 2.74. The number of hydrogen-bond donors (Lipinski definition) is 0. The lowest BCUT2D eigenvalue weighted by Crippen LogP contribution is -2.06. The fourth-order valence-electron chi connectivity index (χ4n) is 2.44. The maximum atomic E-state index is 12.1. The van der Waals surface area contributed by atoms with E-state index in [4.69, 9.17) is 13.9 Å². The van der Waals surface area contributed by atoms with Crippen molar-refractivity contribution >= 4 is 12.0 Å². The smallest absolute Gasteiger partial charge is 0.331 e. The standard InChI is InChI=1S/C21H20N2O4/c1-14-8-10-17(11-9-14)21-23-22-20(27-21)15(2)26-19(24)13-12-16-6-4-5-7-18(16)25-3/h4-13,15H,1-3H3/b13-12+/t15-/m1/s1. The van der Waals surface area contributed by atoms with E-state index in [9.17, 15) is 4.79 Å². The zero-order chi connectivity index (χ0) is 19.2. The molecule has 1 heterocycles. The highest BCUT2D eigenvalue weighted by molar-refractivity contribution is 5.87. The minimum absolute atomic E-state index is 0.240. The van der Waals surface area contributed by atoms with Gasteiger partial charge in [-0.1, -0.05) is 35.9 Å². The number of aryl methyl sites for hydroxylation is 1. The fourth-order valence-corrected chi connectivity index (χ4v) is 2.44. The molecule has 0 bridgehead atoms. The number of hydrogen-bond acceptors (Lipinski definition) is 6. The van der Waals surface area contributed by atoms with E-state index in [2.05, 4.69) is 10.2 Å². The Kier molecular flexibility index (Phi) is 5.66. The van der Waals surface area contributed by atoms with Gasteiger partial charge in [0.2, 0.25) is 5.89 Å². The van der Waals surface area contributed by atoms with Crippen LogP contribution >= 0.6 is 0 Å². The third kappa shape index (κ3) is 4.61. The van der Waals surface area contributed by atoms with Gasteiger partial charge in [-0.15, -0.1) is 10.2 Å². The molecule has 27 heavy (non-hydrogen) atoms. The van der Waals surface area contributed by atoms with Gasteiger partial charge in [0, 0.05) is 17.2 Å². The van der Waals surface area contributed by atoms with Gasteiger partial charge in [-0.25, -0.2) is 4.79 Å². The van der Waals surface area contributed by atoms with Crippen molar-refractivity contribution in [3.63, 3.8) is 0 Å². The molecule has 0 amide bonds. The van der Waals surface area contributed by atoms with E-state index < -0.39 is 12.1 Å². The largest absolute Gasteiger partial charge is 0.496 e. The van der Waals surface area contributed by atoms with Gasteiger partial charge in [0.05, 0.1) is 7.11 Å². The number of benzene rings is 2. The molecule has 138 valence electrons. The van der Waals surface area contributed by atoms with Crippen LogP contribution in [0, 0.1) is 6.92 Å². The second-order valence-corrected chi connectivity index (χ2v) is 5.97. The molecule has 0 spiro atoms. The Morgan fingerprint density at radius 3 is 2.59 bits per heavy atom. The Morgan fingerprint density at radius 2 is 1.85 bits per heavy atom. The summed E-state index contributed by atoms with van der Waals surface area (Å²) in [7, 11) is 1.58. The van der Waals surface area contributed by atoms with Crippen LogP contribution in [0.15, 0.2) is 59.0 Å². The molecule has 1 aromatic heterocycles. The lowest BCUT2D eigenvalue weighted by Gasteiger charge is -2.07. The molecule has 0 aliphatic carbocycles. The lowest BCUT2D eigenvalue weighted by atomic mass is 10.1. The van der Waals surface area contributed by atoms with Crippen LogP contribution in [0.25, 0.3) is 17.5 Å². The molecule has 0 unspecified atom stereocenters. The number of para-hydroxylation sites is 1. The van der Waals surface area contributed by atoms with Crippen molar-refractivity contribution in [2.75, 3.05) is 7.11 Å². The van der Waals surface area contributed by atoms with Gasteiger partial charge in [-0.05, 0) is 38.1 Å². The number of carbonyl (C=O) groups is 1. The van der Waals surface area contributed by atoms with E-state index in [1.165, 1.54) is 6.08 Å². The highest BCUT2D eigenvalue weighted by atomic mass is 16.6. The second kappa shape index (κ2) is 8.31. The normalized spacial score (nSPS) is 12.1. The maximum Gasteiger partial charge on any atom is 0.331 e. The molecular weight excluding hydrogens is 344 g/mol. The Bertz CT molecular complexity index is 945. The summed E-state index contributed by atoms with van der Waals surface area (Å²) in [5, 5.41) is 7.99. The molecular formula is C21H20N2O4. The van der Waals surface area contributed by atoms with E-state index >= 15 is 0 Å². The zero-order valence-electron chi connectivity index (χ0n) is 15.4. The van der Waals surface area contributed by atoms with Crippen molar-refractivity contribution in [2.45, 2.75) is 20.0 Å². The number of aromatic nitrogens is 2. The summed E-state index contributed by atoms with van der Waals surface area (Å²) >= 11 is 0. The van der Waals surface area contributed by atoms with E-state index in [1.807, 2.05) is 55.5 Å². The minimum atomic E-state index is -0.661. The van der Waals surface area contributed by atoms with Crippen LogP contribution in [-0.4, -0.2) is 23.3 Å². The third-order valence-electron chi connectivity index (χ3n) is 3.92. The highest BCUT2D eigenvalue weighted by Crippen LogP contribution is 2.23.